The predicted molar refractivity (Wildman–Crippen MR) is 35.3 cm³/mol. The Kier molecular flexibility index (Phi) is 1.27. The Balaban J connectivity index is 2.77. The topological polar surface area (TPSA) is 0 Å². The highest BCUT2D eigenvalue weighted by Crippen LogP contribution is 2.11. The second-order valence-electron chi connectivity index (χ2n) is 2.07. The lowest BCUT2D eigenvalue weighted by molar-refractivity contribution is 1.23. The van der Waals surface area contributed by atoms with Crippen LogP contribution in [0.4, 0.5) is 0 Å². The molecule has 8 heavy (non-hydrogen) atoms. The lowest BCUT2D eigenvalue weighted by Crippen LogP contribution is -1.81. The highest BCUT2D eigenvalue weighted by Gasteiger charge is 2.02. The van der Waals surface area contributed by atoms with Crippen LogP contribution >= 0.6 is 0 Å². The first kappa shape index (κ1) is 5.27. The van der Waals surface area contributed by atoms with Gasteiger partial charge in [-0.2, -0.15) is 0 Å². The van der Waals surface area contributed by atoms with Gasteiger partial charge in [0, 0.05) is 12.0 Å². The van der Waals surface area contributed by atoms with Crippen molar-refractivity contribution < 1.29 is 0 Å². The van der Waals surface area contributed by atoms with Crippen molar-refractivity contribution in [1.29, 1.82) is 0 Å². The van der Waals surface area contributed by atoms with Crippen LogP contribution in [0.5, 0.6) is 0 Å². The minimum Gasteiger partial charge on any atom is -0.0737 e. The number of hydrogen-bond acceptors (Lipinski definition) is 0. The molecule has 0 nitrogen and oxygen atoms in total. The monoisotopic (exact) mass is 105 g/mol. The van der Waals surface area contributed by atoms with Gasteiger partial charge in [-0.3, -0.25) is 0 Å². The molecule has 0 atom stereocenters. The molecular weight excluding hydrogens is 96.1 g/mol. The van der Waals surface area contributed by atoms with E-state index in [0.717, 1.165) is 12.0 Å². The van der Waals surface area contributed by atoms with Crippen molar-refractivity contribution in [2.24, 2.45) is 0 Å². The number of rotatable bonds is 0. The van der Waals surface area contributed by atoms with Crippen LogP contribution in [0.2, 0.25) is 0 Å². The fourth-order valence-electron chi connectivity index (χ4n) is 0.780. The smallest absolute Gasteiger partial charge is 0.0737 e. The van der Waals surface area contributed by atoms with E-state index in [2.05, 4.69) is 12.2 Å². The van der Waals surface area contributed by atoms with Crippen molar-refractivity contribution in [1.82, 2.24) is 0 Å². The Bertz CT molecular complexity index is 159. The van der Waals surface area contributed by atoms with Gasteiger partial charge in [-0.1, -0.05) is 6.08 Å². The minimum atomic E-state index is 0.914. The Morgan fingerprint density at radius 2 is 2.38 bits per heavy atom. The van der Waals surface area contributed by atoms with Gasteiger partial charge in [-0.15, -0.1) is 0 Å². The molecule has 0 radical (unpaired) electrons. The van der Waals surface area contributed by atoms with Gasteiger partial charge in [0.25, 0.3) is 0 Å². The Morgan fingerprint density at radius 3 is 2.75 bits per heavy atom. The van der Waals surface area contributed by atoms with Gasteiger partial charge < -0.3 is 0 Å². The lowest BCUT2D eigenvalue weighted by Gasteiger charge is -1.91. The molecule has 0 saturated carbocycles. The summed E-state index contributed by atoms with van der Waals surface area (Å²) >= 11 is 0. The van der Waals surface area contributed by atoms with Crippen LogP contribution in [0.15, 0.2) is 29.4 Å². The van der Waals surface area contributed by atoms with Crippen LogP contribution in [0.25, 0.3) is 0 Å². The largest absolute Gasteiger partial charge is 0.168 e. The van der Waals surface area contributed by atoms with Crippen LogP contribution in [0, 0.1) is 6.58 Å². The van der Waals surface area contributed by atoms with Crippen LogP contribution < -0.4 is 0 Å². The van der Waals surface area contributed by atoms with Gasteiger partial charge in [0.15, 0.2) is 5.57 Å². The SMILES string of the molecule is [CH+]=C1C=C(C)C=CC1. The quantitative estimate of drug-likeness (QED) is 0.414. The summed E-state index contributed by atoms with van der Waals surface area (Å²) in [4.78, 5) is 0. The average Bonchev–Trinajstić information content (AvgIpc) is 1.64. The van der Waals surface area contributed by atoms with Gasteiger partial charge in [0.05, 0.1) is 12.7 Å². The van der Waals surface area contributed by atoms with Crippen molar-refractivity contribution in [2.45, 2.75) is 13.3 Å². The van der Waals surface area contributed by atoms with Crippen LogP contribution in [0.3, 0.4) is 0 Å². The Hall–Kier alpha value is -0.870. The summed E-state index contributed by atoms with van der Waals surface area (Å²) in [7, 11) is 0. The average molecular weight is 105 g/mol. The van der Waals surface area contributed by atoms with E-state index in [4.69, 9.17) is 6.58 Å². The molecule has 1 rings (SSSR count). The standard InChI is InChI=1S/C8H9/c1-7-4-3-5-8(2)6-7/h1,3,5-6H,4H2,2H3/q+1. The molecule has 0 heteroatoms. The highest BCUT2D eigenvalue weighted by molar-refractivity contribution is 5.32. The summed E-state index contributed by atoms with van der Waals surface area (Å²) in [5.74, 6) is 0. The maximum atomic E-state index is 5.51. The molecule has 0 heterocycles. The van der Waals surface area contributed by atoms with Gasteiger partial charge in [-0.25, -0.2) is 0 Å². The highest BCUT2D eigenvalue weighted by atomic mass is 14.0. The summed E-state index contributed by atoms with van der Waals surface area (Å²) in [5.41, 5.74) is 2.21. The first-order valence-corrected chi connectivity index (χ1v) is 2.75. The van der Waals surface area contributed by atoms with Gasteiger partial charge in [-0.05, 0) is 13.0 Å². The van der Waals surface area contributed by atoms with E-state index in [1.54, 1.807) is 0 Å². The van der Waals surface area contributed by atoms with E-state index < -0.39 is 0 Å². The molecule has 1 aliphatic carbocycles. The zero-order chi connectivity index (χ0) is 5.98. The molecule has 0 N–H and O–H groups in total. The fourth-order valence-corrected chi connectivity index (χ4v) is 0.780. The summed E-state index contributed by atoms with van der Waals surface area (Å²) in [6, 6.07) is 0. The van der Waals surface area contributed by atoms with E-state index in [9.17, 15) is 0 Å². The zero-order valence-electron chi connectivity index (χ0n) is 5.02. The molecule has 0 aromatic carbocycles. The molecule has 0 amide bonds. The number of allylic oxidation sites excluding steroid dienone is 5. The summed E-state index contributed by atoms with van der Waals surface area (Å²) in [6.45, 7) is 7.56. The first-order valence-electron chi connectivity index (χ1n) is 2.75. The summed E-state index contributed by atoms with van der Waals surface area (Å²) < 4.78 is 0. The minimum absolute atomic E-state index is 0.914. The van der Waals surface area contributed by atoms with E-state index in [0.29, 0.717) is 0 Å². The summed E-state index contributed by atoms with van der Waals surface area (Å²) in [6.07, 6.45) is 7.07. The third kappa shape index (κ3) is 1.05. The predicted octanol–water partition coefficient (Wildman–Crippen LogP) is 2.25. The normalized spacial score (nSPS) is 18.5. The molecule has 0 saturated heterocycles. The van der Waals surface area contributed by atoms with Crippen LogP contribution in [-0.4, -0.2) is 0 Å². The van der Waals surface area contributed by atoms with Crippen LogP contribution in [0.1, 0.15) is 13.3 Å². The maximum absolute atomic E-state index is 5.51. The third-order valence-corrected chi connectivity index (χ3v) is 1.15. The van der Waals surface area contributed by atoms with Crippen LogP contribution in [-0.2, 0) is 0 Å². The van der Waals surface area contributed by atoms with Crippen molar-refractivity contribution in [3.63, 3.8) is 0 Å². The molecule has 40 valence electrons. The number of hydrogen-bond donors (Lipinski definition) is 0. The summed E-state index contributed by atoms with van der Waals surface area (Å²) in [5, 5.41) is 0. The van der Waals surface area contributed by atoms with Crippen molar-refractivity contribution >= 4 is 0 Å². The second kappa shape index (κ2) is 1.94. The molecule has 0 unspecified atom stereocenters. The van der Waals surface area contributed by atoms with Crippen molar-refractivity contribution in [2.75, 3.05) is 0 Å². The molecule has 0 aliphatic heterocycles. The van der Waals surface area contributed by atoms with E-state index in [1.165, 1.54) is 5.57 Å². The Morgan fingerprint density at radius 1 is 1.62 bits per heavy atom. The maximum Gasteiger partial charge on any atom is 0.168 e. The second-order valence-corrected chi connectivity index (χ2v) is 2.07. The van der Waals surface area contributed by atoms with Gasteiger partial charge in [0.1, 0.15) is 0 Å². The van der Waals surface area contributed by atoms with Crippen molar-refractivity contribution in [3.05, 3.63) is 36.0 Å². The zero-order valence-corrected chi connectivity index (χ0v) is 5.02. The molecule has 0 fully saturated rings. The molecule has 1 aliphatic rings. The van der Waals surface area contributed by atoms with E-state index in [1.807, 2.05) is 13.0 Å². The Labute approximate surface area is 50.2 Å². The molecule has 0 aromatic rings. The van der Waals surface area contributed by atoms with Gasteiger partial charge in [0.2, 0.25) is 0 Å². The lowest BCUT2D eigenvalue weighted by atomic mass is 10.1. The molecule has 0 bridgehead atoms. The first-order chi connectivity index (χ1) is 3.79. The van der Waals surface area contributed by atoms with Gasteiger partial charge >= 0.3 is 0 Å². The molecule has 0 aromatic heterocycles. The fraction of sp³-hybridized carbons (Fsp3) is 0.250. The van der Waals surface area contributed by atoms with Crippen molar-refractivity contribution in [3.8, 4) is 0 Å². The molecular formula is C8H9+. The van der Waals surface area contributed by atoms with E-state index >= 15 is 0 Å². The third-order valence-electron chi connectivity index (χ3n) is 1.15. The van der Waals surface area contributed by atoms with E-state index in [-0.39, 0.29) is 0 Å². The molecule has 0 spiro atoms.